The number of hydrogen-bond donors (Lipinski definition) is 2. The van der Waals surface area contributed by atoms with Crippen molar-refractivity contribution in [2.24, 2.45) is 0 Å². The van der Waals surface area contributed by atoms with Crippen LogP contribution >= 0.6 is 0 Å². The predicted octanol–water partition coefficient (Wildman–Crippen LogP) is 3.32. The van der Waals surface area contributed by atoms with Gasteiger partial charge in [0.1, 0.15) is 11.5 Å². The van der Waals surface area contributed by atoms with E-state index in [2.05, 4.69) is 27.8 Å². The summed E-state index contributed by atoms with van der Waals surface area (Å²) in [5, 5.41) is 7.16. The molecule has 1 aliphatic carbocycles. The molecule has 0 radical (unpaired) electrons. The Morgan fingerprint density at radius 3 is 2.91 bits per heavy atom. The smallest absolute Gasteiger partial charge is 0.278 e. The van der Waals surface area contributed by atoms with Crippen molar-refractivity contribution in [2.75, 3.05) is 11.9 Å². The largest absolute Gasteiger partial charge is 0.474 e. The molecule has 9 heteroatoms. The highest BCUT2D eigenvalue weighted by Crippen LogP contribution is 2.26. The first kappa shape index (κ1) is 20.9. The average molecular weight is 458 g/mol. The maximum absolute atomic E-state index is 13.1. The molecule has 3 aromatic heterocycles. The summed E-state index contributed by atoms with van der Waals surface area (Å²) in [6, 6.07) is 11.9. The highest BCUT2D eigenvalue weighted by molar-refractivity contribution is 5.77. The SMILES string of the molecule is CCn1c(=O)c2cnc(Nc3ccc4c(c3)CCNC4)nc2n1-c1cccc(OC2CCC2)n1. The van der Waals surface area contributed by atoms with E-state index in [9.17, 15) is 4.79 Å². The second kappa shape index (κ2) is 8.57. The van der Waals surface area contributed by atoms with Crippen molar-refractivity contribution in [1.82, 2.24) is 29.6 Å². The van der Waals surface area contributed by atoms with Crippen molar-refractivity contribution in [2.45, 2.75) is 51.8 Å². The van der Waals surface area contributed by atoms with Gasteiger partial charge in [-0.2, -0.15) is 9.97 Å². The first-order chi connectivity index (χ1) is 16.7. The van der Waals surface area contributed by atoms with Gasteiger partial charge in [0, 0.05) is 31.0 Å². The Morgan fingerprint density at radius 2 is 2.09 bits per heavy atom. The Bertz CT molecular complexity index is 1420. The summed E-state index contributed by atoms with van der Waals surface area (Å²) >= 11 is 0. The second-order valence-electron chi connectivity index (χ2n) is 8.80. The minimum atomic E-state index is -0.141. The number of fused-ring (bicyclic) bond motifs is 2. The van der Waals surface area contributed by atoms with Gasteiger partial charge in [0.05, 0.1) is 0 Å². The lowest BCUT2D eigenvalue weighted by atomic mass is 9.96. The Balaban J connectivity index is 1.39. The summed E-state index contributed by atoms with van der Waals surface area (Å²) in [5.74, 6) is 1.59. The lowest BCUT2D eigenvalue weighted by Crippen LogP contribution is -2.25. The van der Waals surface area contributed by atoms with Crippen LogP contribution in [0.4, 0.5) is 11.6 Å². The van der Waals surface area contributed by atoms with E-state index in [0.29, 0.717) is 35.2 Å². The van der Waals surface area contributed by atoms with Crippen LogP contribution in [0, 0.1) is 0 Å². The summed E-state index contributed by atoms with van der Waals surface area (Å²) in [7, 11) is 0. The van der Waals surface area contributed by atoms with Crippen molar-refractivity contribution in [3.05, 3.63) is 64.1 Å². The predicted molar refractivity (Wildman–Crippen MR) is 130 cm³/mol. The fraction of sp³-hybridized carbons (Fsp3) is 0.360. The molecular weight excluding hydrogens is 430 g/mol. The number of nitrogens with one attached hydrogen (secondary N) is 2. The lowest BCUT2D eigenvalue weighted by molar-refractivity contribution is 0.114. The van der Waals surface area contributed by atoms with Gasteiger partial charge in [0.15, 0.2) is 11.5 Å². The van der Waals surface area contributed by atoms with E-state index >= 15 is 0 Å². The molecule has 4 aromatic rings. The number of anilines is 2. The Kier molecular flexibility index (Phi) is 5.26. The number of nitrogens with zero attached hydrogens (tertiary/aromatic N) is 5. The first-order valence-corrected chi connectivity index (χ1v) is 11.9. The van der Waals surface area contributed by atoms with E-state index < -0.39 is 0 Å². The summed E-state index contributed by atoms with van der Waals surface area (Å²) < 4.78 is 9.38. The molecule has 34 heavy (non-hydrogen) atoms. The molecule has 9 nitrogen and oxygen atoms in total. The number of benzene rings is 1. The third kappa shape index (κ3) is 3.71. The normalized spacial score (nSPS) is 15.7. The zero-order valence-corrected chi connectivity index (χ0v) is 19.1. The van der Waals surface area contributed by atoms with E-state index in [4.69, 9.17) is 14.7 Å². The van der Waals surface area contributed by atoms with E-state index in [1.54, 1.807) is 15.6 Å². The van der Waals surface area contributed by atoms with Gasteiger partial charge in [-0.1, -0.05) is 12.1 Å². The third-order valence-electron chi connectivity index (χ3n) is 6.59. The minimum absolute atomic E-state index is 0.141. The Morgan fingerprint density at radius 1 is 1.18 bits per heavy atom. The van der Waals surface area contributed by atoms with Crippen molar-refractivity contribution in [3.63, 3.8) is 0 Å². The number of pyridine rings is 1. The molecule has 0 bridgehead atoms. The quantitative estimate of drug-likeness (QED) is 0.458. The molecule has 4 heterocycles. The zero-order valence-electron chi connectivity index (χ0n) is 19.1. The monoisotopic (exact) mass is 457 g/mol. The van der Waals surface area contributed by atoms with E-state index in [1.807, 2.05) is 31.2 Å². The second-order valence-corrected chi connectivity index (χ2v) is 8.80. The fourth-order valence-electron chi connectivity index (χ4n) is 4.54. The molecule has 1 saturated carbocycles. The molecule has 1 aliphatic heterocycles. The van der Waals surface area contributed by atoms with Crippen LogP contribution in [-0.2, 0) is 19.5 Å². The fourth-order valence-corrected chi connectivity index (χ4v) is 4.54. The van der Waals surface area contributed by atoms with Crippen molar-refractivity contribution < 1.29 is 4.74 Å². The van der Waals surface area contributed by atoms with Gasteiger partial charge in [-0.15, -0.1) is 0 Å². The number of rotatable bonds is 6. The van der Waals surface area contributed by atoms with Crippen LogP contribution in [0.1, 0.15) is 37.3 Å². The standard InChI is InChI=1S/C25H27N7O2/c1-2-31-24(33)20-15-27-25(28-18-10-9-17-14-26-12-11-16(17)13-18)30-23(20)32(31)21-7-4-8-22(29-21)34-19-5-3-6-19/h4,7-10,13,15,19,26H,2-3,5-6,11-12,14H2,1H3,(H,27,28,30). The van der Waals surface area contributed by atoms with Gasteiger partial charge >= 0.3 is 0 Å². The summed E-state index contributed by atoms with van der Waals surface area (Å²) in [4.78, 5) is 26.9. The third-order valence-corrected chi connectivity index (χ3v) is 6.59. The maximum atomic E-state index is 13.1. The summed E-state index contributed by atoms with van der Waals surface area (Å²) in [6.45, 7) is 4.28. The van der Waals surface area contributed by atoms with E-state index in [0.717, 1.165) is 38.0 Å². The van der Waals surface area contributed by atoms with Crippen LogP contribution in [0.2, 0.25) is 0 Å². The van der Waals surface area contributed by atoms with E-state index in [1.165, 1.54) is 17.5 Å². The zero-order chi connectivity index (χ0) is 23.1. The Labute approximate surface area is 196 Å². The molecule has 2 N–H and O–H groups in total. The van der Waals surface area contributed by atoms with Crippen molar-refractivity contribution in [3.8, 4) is 11.7 Å². The van der Waals surface area contributed by atoms with Gasteiger partial charge in [-0.25, -0.2) is 14.3 Å². The van der Waals surface area contributed by atoms with Crippen LogP contribution in [0.5, 0.6) is 5.88 Å². The van der Waals surface area contributed by atoms with Gasteiger partial charge in [-0.05, 0) is 68.5 Å². The average Bonchev–Trinajstić information content (AvgIpc) is 3.12. The molecular formula is C25H27N7O2. The molecule has 1 aromatic carbocycles. The molecule has 0 atom stereocenters. The first-order valence-electron chi connectivity index (χ1n) is 11.9. The number of aromatic nitrogens is 5. The molecule has 0 unspecified atom stereocenters. The minimum Gasteiger partial charge on any atom is -0.474 e. The highest BCUT2D eigenvalue weighted by Gasteiger charge is 2.21. The molecule has 0 saturated heterocycles. The molecule has 0 amide bonds. The summed E-state index contributed by atoms with van der Waals surface area (Å²) in [6.07, 6.45) is 6.11. The molecule has 6 rings (SSSR count). The highest BCUT2D eigenvalue weighted by atomic mass is 16.5. The van der Waals surface area contributed by atoms with Crippen LogP contribution in [0.3, 0.4) is 0 Å². The lowest BCUT2D eigenvalue weighted by Gasteiger charge is -2.25. The van der Waals surface area contributed by atoms with E-state index in [-0.39, 0.29) is 11.7 Å². The number of hydrogen-bond acceptors (Lipinski definition) is 7. The van der Waals surface area contributed by atoms with Gasteiger partial charge < -0.3 is 15.4 Å². The molecule has 174 valence electrons. The maximum Gasteiger partial charge on any atom is 0.278 e. The van der Waals surface area contributed by atoms with Gasteiger partial charge in [0.25, 0.3) is 5.56 Å². The van der Waals surface area contributed by atoms with Gasteiger partial charge in [-0.3, -0.25) is 4.79 Å². The van der Waals surface area contributed by atoms with Crippen molar-refractivity contribution >= 4 is 22.7 Å². The van der Waals surface area contributed by atoms with Gasteiger partial charge in [0.2, 0.25) is 11.8 Å². The molecule has 0 spiro atoms. The molecule has 1 fully saturated rings. The number of ether oxygens (including phenoxy) is 1. The van der Waals surface area contributed by atoms with Crippen LogP contribution in [0.25, 0.3) is 16.9 Å². The topological polar surface area (TPSA) is 98.9 Å². The Hall–Kier alpha value is -3.72. The molecule has 2 aliphatic rings. The van der Waals surface area contributed by atoms with Crippen LogP contribution in [0.15, 0.2) is 47.4 Å². The van der Waals surface area contributed by atoms with Crippen LogP contribution in [-0.4, -0.2) is 37.0 Å². The van der Waals surface area contributed by atoms with Crippen molar-refractivity contribution in [1.29, 1.82) is 0 Å². The van der Waals surface area contributed by atoms with Crippen LogP contribution < -0.4 is 20.9 Å². The summed E-state index contributed by atoms with van der Waals surface area (Å²) in [5.41, 5.74) is 3.94.